The van der Waals surface area contributed by atoms with E-state index in [1.165, 1.54) is 0 Å². The predicted octanol–water partition coefficient (Wildman–Crippen LogP) is 2.11. The Kier molecular flexibility index (Phi) is 3.60. The predicted molar refractivity (Wildman–Crippen MR) is 66.7 cm³/mol. The van der Waals surface area contributed by atoms with E-state index in [2.05, 4.69) is 9.98 Å². The van der Waals surface area contributed by atoms with Crippen LogP contribution in [0.25, 0.3) is 0 Å². The van der Waals surface area contributed by atoms with Crippen LogP contribution in [0.1, 0.15) is 12.0 Å². The van der Waals surface area contributed by atoms with Gasteiger partial charge in [0.1, 0.15) is 11.0 Å². The molecular formula is C12H13ClN4. The summed E-state index contributed by atoms with van der Waals surface area (Å²) >= 11 is 5.74. The van der Waals surface area contributed by atoms with Crippen molar-refractivity contribution in [3.63, 3.8) is 0 Å². The van der Waals surface area contributed by atoms with E-state index >= 15 is 0 Å². The van der Waals surface area contributed by atoms with Crippen LogP contribution in [-0.2, 0) is 6.42 Å². The third-order valence-electron chi connectivity index (χ3n) is 3.00. The summed E-state index contributed by atoms with van der Waals surface area (Å²) in [5, 5.41) is 9.17. The summed E-state index contributed by atoms with van der Waals surface area (Å²) in [5.41, 5.74) is 1.13. The van der Waals surface area contributed by atoms with Gasteiger partial charge in [0.05, 0.1) is 0 Å². The minimum atomic E-state index is 0.308. The lowest BCUT2D eigenvalue weighted by atomic mass is 9.99. The molecule has 1 aliphatic heterocycles. The van der Waals surface area contributed by atoms with Crippen molar-refractivity contribution in [3.05, 3.63) is 29.0 Å². The van der Waals surface area contributed by atoms with Gasteiger partial charge >= 0.3 is 0 Å². The van der Waals surface area contributed by atoms with Crippen molar-refractivity contribution in [2.45, 2.75) is 12.8 Å². The number of amidine groups is 1. The van der Waals surface area contributed by atoms with E-state index in [0.29, 0.717) is 11.1 Å². The minimum Gasteiger partial charge on any atom is -0.362 e. The number of aromatic nitrogens is 1. The Morgan fingerprint density at radius 3 is 3.12 bits per heavy atom. The van der Waals surface area contributed by atoms with Gasteiger partial charge in [-0.3, -0.25) is 0 Å². The molecule has 5 heteroatoms. The fraction of sp³-hybridized carbons (Fsp3) is 0.417. The first-order valence-electron chi connectivity index (χ1n) is 5.49. The summed E-state index contributed by atoms with van der Waals surface area (Å²) in [4.78, 5) is 10.00. The molecule has 1 atom stereocenters. The largest absolute Gasteiger partial charge is 0.362 e. The summed E-state index contributed by atoms with van der Waals surface area (Å²) in [7, 11) is 1.97. The topological polar surface area (TPSA) is 52.3 Å². The summed E-state index contributed by atoms with van der Waals surface area (Å²) in [6.45, 7) is 0.951. The van der Waals surface area contributed by atoms with Crippen molar-refractivity contribution in [3.8, 4) is 6.19 Å². The molecule has 0 aromatic carbocycles. The second kappa shape index (κ2) is 5.15. The zero-order valence-electron chi connectivity index (χ0n) is 9.60. The lowest BCUT2D eigenvalue weighted by Gasteiger charge is -2.14. The van der Waals surface area contributed by atoms with Crippen LogP contribution in [0.4, 0.5) is 0 Å². The van der Waals surface area contributed by atoms with E-state index in [1.54, 1.807) is 12.3 Å². The third-order valence-corrected chi connectivity index (χ3v) is 3.23. The van der Waals surface area contributed by atoms with Crippen LogP contribution in [0.2, 0.25) is 5.15 Å². The van der Waals surface area contributed by atoms with Crippen LogP contribution in [0.3, 0.4) is 0 Å². The first-order chi connectivity index (χ1) is 8.20. The van der Waals surface area contributed by atoms with Gasteiger partial charge in [-0.25, -0.2) is 4.98 Å². The van der Waals surface area contributed by atoms with Crippen molar-refractivity contribution >= 4 is 17.4 Å². The van der Waals surface area contributed by atoms with Crippen LogP contribution in [-0.4, -0.2) is 29.3 Å². The van der Waals surface area contributed by atoms with Gasteiger partial charge in [-0.1, -0.05) is 17.7 Å². The molecular weight excluding hydrogens is 236 g/mol. The van der Waals surface area contributed by atoms with E-state index in [1.807, 2.05) is 24.2 Å². The van der Waals surface area contributed by atoms with Gasteiger partial charge in [-0.2, -0.15) is 10.3 Å². The minimum absolute atomic E-state index is 0.308. The van der Waals surface area contributed by atoms with E-state index in [-0.39, 0.29) is 0 Å². The second-order valence-corrected chi connectivity index (χ2v) is 4.56. The monoisotopic (exact) mass is 248 g/mol. The molecule has 1 unspecified atom stereocenters. The molecule has 0 aliphatic carbocycles. The molecule has 1 fully saturated rings. The molecule has 1 aromatic rings. The Morgan fingerprint density at radius 1 is 1.65 bits per heavy atom. The number of rotatable bonds is 2. The maximum atomic E-state index is 8.67. The Balaban J connectivity index is 2.11. The van der Waals surface area contributed by atoms with Crippen molar-refractivity contribution in [1.82, 2.24) is 9.88 Å². The van der Waals surface area contributed by atoms with Gasteiger partial charge in [0.2, 0.25) is 6.19 Å². The third kappa shape index (κ3) is 2.75. The Hall–Kier alpha value is -1.60. The lowest BCUT2D eigenvalue weighted by Crippen LogP contribution is -2.24. The average Bonchev–Trinajstić information content (AvgIpc) is 2.65. The molecule has 88 valence electrons. The number of likely N-dealkylation sites (tertiary alicyclic amines) is 1. The van der Waals surface area contributed by atoms with E-state index in [0.717, 1.165) is 30.8 Å². The summed E-state index contributed by atoms with van der Waals surface area (Å²) in [6.07, 6.45) is 5.54. The van der Waals surface area contributed by atoms with Gasteiger partial charge in [0.15, 0.2) is 0 Å². The highest BCUT2D eigenvalue weighted by Crippen LogP contribution is 2.22. The van der Waals surface area contributed by atoms with Crippen LogP contribution >= 0.6 is 11.6 Å². The van der Waals surface area contributed by atoms with Crippen molar-refractivity contribution in [2.75, 3.05) is 13.6 Å². The number of aliphatic imine (C=N–C) groups is 1. The summed E-state index contributed by atoms with van der Waals surface area (Å²) < 4.78 is 0. The molecule has 2 heterocycles. The van der Waals surface area contributed by atoms with Gasteiger partial charge in [0, 0.05) is 25.7 Å². The van der Waals surface area contributed by atoms with Gasteiger partial charge < -0.3 is 4.90 Å². The average molecular weight is 249 g/mol. The molecule has 0 spiro atoms. The van der Waals surface area contributed by atoms with Crippen LogP contribution in [0.15, 0.2) is 23.3 Å². The molecule has 1 aliphatic rings. The van der Waals surface area contributed by atoms with Crippen LogP contribution in [0.5, 0.6) is 0 Å². The fourth-order valence-corrected chi connectivity index (χ4v) is 2.25. The maximum absolute atomic E-state index is 8.67. The highest BCUT2D eigenvalue weighted by Gasteiger charge is 2.27. The SMILES string of the molecule is CN1CCC(Cc2ccc(Cl)nc2)C1=NC#N. The number of hydrogen-bond acceptors (Lipinski definition) is 3. The first kappa shape index (κ1) is 11.9. The van der Waals surface area contributed by atoms with Gasteiger partial charge in [-0.15, -0.1) is 0 Å². The quantitative estimate of drug-likeness (QED) is 0.595. The number of nitriles is 1. The zero-order valence-corrected chi connectivity index (χ0v) is 10.4. The molecule has 2 rings (SSSR count). The number of nitrogens with zero attached hydrogens (tertiary/aromatic N) is 4. The number of pyridine rings is 1. The highest BCUT2D eigenvalue weighted by atomic mass is 35.5. The Labute approximate surface area is 106 Å². The van der Waals surface area contributed by atoms with Gasteiger partial charge in [-0.05, 0) is 24.5 Å². The maximum Gasteiger partial charge on any atom is 0.207 e. The van der Waals surface area contributed by atoms with Crippen molar-refractivity contribution < 1.29 is 0 Å². The molecule has 0 bridgehead atoms. The van der Waals surface area contributed by atoms with Crippen molar-refractivity contribution in [1.29, 1.82) is 5.26 Å². The van der Waals surface area contributed by atoms with E-state index < -0.39 is 0 Å². The Bertz CT molecular complexity index is 460. The van der Waals surface area contributed by atoms with Crippen LogP contribution < -0.4 is 0 Å². The van der Waals surface area contributed by atoms with Gasteiger partial charge in [0.25, 0.3) is 0 Å². The fourth-order valence-electron chi connectivity index (χ4n) is 2.14. The first-order valence-corrected chi connectivity index (χ1v) is 5.86. The molecule has 1 saturated heterocycles. The molecule has 0 radical (unpaired) electrons. The highest BCUT2D eigenvalue weighted by molar-refractivity contribution is 6.29. The Morgan fingerprint density at radius 2 is 2.47 bits per heavy atom. The molecule has 17 heavy (non-hydrogen) atoms. The smallest absolute Gasteiger partial charge is 0.207 e. The zero-order chi connectivity index (χ0) is 12.3. The lowest BCUT2D eigenvalue weighted by molar-refractivity contribution is 0.546. The standard InChI is InChI=1S/C12H13ClN4/c1-17-5-4-10(12(17)16-8-14)6-9-2-3-11(13)15-7-9/h2-3,7,10H,4-6H2,1H3. The van der Waals surface area contributed by atoms with Crippen LogP contribution in [0, 0.1) is 17.4 Å². The number of halogens is 1. The number of hydrogen-bond donors (Lipinski definition) is 0. The van der Waals surface area contributed by atoms with Crippen molar-refractivity contribution in [2.24, 2.45) is 10.9 Å². The molecule has 0 saturated carbocycles. The van der Waals surface area contributed by atoms with E-state index in [4.69, 9.17) is 16.9 Å². The molecule has 4 nitrogen and oxygen atoms in total. The van der Waals surface area contributed by atoms with E-state index in [9.17, 15) is 0 Å². The summed E-state index contributed by atoms with van der Waals surface area (Å²) in [6, 6.07) is 3.76. The summed E-state index contributed by atoms with van der Waals surface area (Å²) in [5.74, 6) is 1.19. The normalized spacial score (nSPS) is 21.8. The molecule has 0 amide bonds. The molecule has 1 aromatic heterocycles. The second-order valence-electron chi connectivity index (χ2n) is 4.17. The molecule has 0 N–H and O–H groups in total.